The lowest BCUT2D eigenvalue weighted by Crippen LogP contribution is -2.39. The second-order valence-electron chi connectivity index (χ2n) is 4.66. The Bertz CT molecular complexity index is 397. The largest absolute Gasteiger partial charge is 0.488 e. The first-order valence-electron chi connectivity index (χ1n) is 6.40. The van der Waals surface area contributed by atoms with Crippen molar-refractivity contribution in [2.45, 2.75) is 31.9 Å². The Balaban J connectivity index is 1.84. The summed E-state index contributed by atoms with van der Waals surface area (Å²) in [6, 6.07) is 6.61. The van der Waals surface area contributed by atoms with Crippen LogP contribution in [-0.4, -0.2) is 32.4 Å². The number of hydrogen-bond donors (Lipinski definition) is 1. The van der Waals surface area contributed by atoms with Gasteiger partial charge in [-0.2, -0.15) is 0 Å². The van der Waals surface area contributed by atoms with Gasteiger partial charge in [0.1, 0.15) is 11.9 Å². The number of rotatable bonds is 6. The molecule has 2 atom stereocenters. The van der Waals surface area contributed by atoms with Gasteiger partial charge in [0.15, 0.2) is 0 Å². The van der Waals surface area contributed by atoms with E-state index in [9.17, 15) is 0 Å². The van der Waals surface area contributed by atoms with Crippen molar-refractivity contribution in [3.63, 3.8) is 0 Å². The molecule has 100 valence electrons. The molecular weight excluding hydrogens is 294 g/mol. The SMILES string of the molecule is CCC(COC)NCC1Cc2cc(Br)ccc2O1. The first kappa shape index (κ1) is 13.8. The van der Waals surface area contributed by atoms with Crippen molar-refractivity contribution in [2.75, 3.05) is 20.3 Å². The van der Waals surface area contributed by atoms with Gasteiger partial charge in [-0.05, 0) is 30.2 Å². The first-order chi connectivity index (χ1) is 8.72. The topological polar surface area (TPSA) is 30.5 Å². The molecule has 0 spiro atoms. The summed E-state index contributed by atoms with van der Waals surface area (Å²) in [5.74, 6) is 1.02. The number of fused-ring (bicyclic) bond motifs is 1. The van der Waals surface area contributed by atoms with Crippen LogP contribution in [0.15, 0.2) is 22.7 Å². The van der Waals surface area contributed by atoms with Crippen molar-refractivity contribution in [1.82, 2.24) is 5.32 Å². The highest BCUT2D eigenvalue weighted by molar-refractivity contribution is 9.10. The van der Waals surface area contributed by atoms with Gasteiger partial charge in [-0.3, -0.25) is 0 Å². The molecule has 2 unspecified atom stereocenters. The van der Waals surface area contributed by atoms with Crippen molar-refractivity contribution in [3.8, 4) is 5.75 Å². The Labute approximate surface area is 117 Å². The molecule has 1 aliphatic rings. The molecule has 0 radical (unpaired) electrons. The predicted octanol–water partition coefficient (Wildman–Crippen LogP) is 2.77. The normalized spacial score (nSPS) is 19.4. The van der Waals surface area contributed by atoms with Crippen molar-refractivity contribution in [1.29, 1.82) is 0 Å². The lowest BCUT2D eigenvalue weighted by molar-refractivity contribution is 0.152. The summed E-state index contributed by atoms with van der Waals surface area (Å²) in [4.78, 5) is 0. The summed E-state index contributed by atoms with van der Waals surface area (Å²) < 4.78 is 12.2. The van der Waals surface area contributed by atoms with Crippen LogP contribution in [0.3, 0.4) is 0 Å². The molecular formula is C14H20BrNO2. The molecule has 0 saturated carbocycles. The number of hydrogen-bond acceptors (Lipinski definition) is 3. The minimum Gasteiger partial charge on any atom is -0.488 e. The lowest BCUT2D eigenvalue weighted by atomic mass is 10.1. The smallest absolute Gasteiger partial charge is 0.123 e. The van der Waals surface area contributed by atoms with Crippen molar-refractivity contribution in [2.24, 2.45) is 0 Å². The fourth-order valence-corrected chi connectivity index (χ4v) is 2.63. The molecule has 4 heteroatoms. The molecule has 3 nitrogen and oxygen atoms in total. The Hall–Kier alpha value is -0.580. The van der Waals surface area contributed by atoms with Gasteiger partial charge in [-0.25, -0.2) is 0 Å². The Morgan fingerprint density at radius 1 is 1.56 bits per heavy atom. The van der Waals surface area contributed by atoms with Crippen LogP contribution >= 0.6 is 15.9 Å². The van der Waals surface area contributed by atoms with Gasteiger partial charge in [0.25, 0.3) is 0 Å². The quantitative estimate of drug-likeness (QED) is 0.876. The Kier molecular flexibility index (Phi) is 5.03. The number of halogens is 1. The van der Waals surface area contributed by atoms with Crippen LogP contribution in [0.25, 0.3) is 0 Å². The van der Waals surface area contributed by atoms with E-state index in [-0.39, 0.29) is 6.10 Å². The van der Waals surface area contributed by atoms with E-state index < -0.39 is 0 Å². The third kappa shape index (κ3) is 3.46. The highest BCUT2D eigenvalue weighted by Gasteiger charge is 2.23. The molecule has 1 N–H and O–H groups in total. The average Bonchev–Trinajstić information content (AvgIpc) is 2.76. The summed E-state index contributed by atoms with van der Waals surface area (Å²) in [7, 11) is 1.74. The highest BCUT2D eigenvalue weighted by Crippen LogP contribution is 2.30. The maximum atomic E-state index is 5.91. The summed E-state index contributed by atoms with van der Waals surface area (Å²) in [6.45, 7) is 3.79. The van der Waals surface area contributed by atoms with E-state index in [4.69, 9.17) is 9.47 Å². The fraction of sp³-hybridized carbons (Fsp3) is 0.571. The van der Waals surface area contributed by atoms with E-state index in [0.717, 1.165) is 36.2 Å². The standard InChI is InChI=1S/C14H20BrNO2/c1-3-12(9-17-2)16-8-13-7-10-6-11(15)4-5-14(10)18-13/h4-6,12-13,16H,3,7-9H2,1-2H3. The molecule has 1 aromatic rings. The second kappa shape index (κ2) is 6.55. The summed E-state index contributed by atoms with van der Waals surface area (Å²) in [5.41, 5.74) is 1.29. The van der Waals surface area contributed by atoms with Gasteiger partial charge < -0.3 is 14.8 Å². The van der Waals surface area contributed by atoms with E-state index in [1.54, 1.807) is 7.11 Å². The van der Waals surface area contributed by atoms with Crippen molar-refractivity contribution >= 4 is 15.9 Å². The van der Waals surface area contributed by atoms with E-state index in [2.05, 4.69) is 34.2 Å². The highest BCUT2D eigenvalue weighted by atomic mass is 79.9. The molecule has 1 aliphatic heterocycles. The van der Waals surface area contributed by atoms with Crippen LogP contribution in [0, 0.1) is 0 Å². The molecule has 0 bridgehead atoms. The fourth-order valence-electron chi connectivity index (χ4n) is 2.22. The van der Waals surface area contributed by atoms with Crippen LogP contribution in [0.4, 0.5) is 0 Å². The third-order valence-electron chi connectivity index (χ3n) is 3.26. The van der Waals surface area contributed by atoms with Crippen LogP contribution < -0.4 is 10.1 Å². The van der Waals surface area contributed by atoms with E-state index >= 15 is 0 Å². The van der Waals surface area contributed by atoms with Crippen LogP contribution in [0.1, 0.15) is 18.9 Å². The minimum absolute atomic E-state index is 0.236. The molecule has 0 saturated heterocycles. The van der Waals surface area contributed by atoms with Crippen molar-refractivity contribution < 1.29 is 9.47 Å². The second-order valence-corrected chi connectivity index (χ2v) is 5.58. The molecule has 2 rings (SSSR count). The zero-order chi connectivity index (χ0) is 13.0. The van der Waals surface area contributed by atoms with Gasteiger partial charge in [0, 0.05) is 30.6 Å². The maximum Gasteiger partial charge on any atom is 0.123 e. The van der Waals surface area contributed by atoms with Crippen LogP contribution in [0.2, 0.25) is 0 Å². The molecule has 18 heavy (non-hydrogen) atoms. The molecule has 1 heterocycles. The molecule has 0 fully saturated rings. The number of benzene rings is 1. The van der Waals surface area contributed by atoms with Gasteiger partial charge in [0.05, 0.1) is 6.61 Å². The predicted molar refractivity (Wildman–Crippen MR) is 76.2 cm³/mol. The first-order valence-corrected chi connectivity index (χ1v) is 7.19. The molecule has 0 aromatic heterocycles. The third-order valence-corrected chi connectivity index (χ3v) is 3.75. The zero-order valence-corrected chi connectivity index (χ0v) is 12.5. The van der Waals surface area contributed by atoms with Gasteiger partial charge >= 0.3 is 0 Å². The van der Waals surface area contributed by atoms with Gasteiger partial charge in [-0.15, -0.1) is 0 Å². The number of methoxy groups -OCH3 is 1. The summed E-state index contributed by atoms with van der Waals surface area (Å²) in [6.07, 6.45) is 2.28. The molecule has 0 amide bonds. The lowest BCUT2D eigenvalue weighted by Gasteiger charge is -2.18. The number of nitrogens with one attached hydrogen (secondary N) is 1. The monoisotopic (exact) mass is 313 g/mol. The maximum absolute atomic E-state index is 5.91. The van der Waals surface area contributed by atoms with E-state index in [0.29, 0.717) is 6.04 Å². The average molecular weight is 314 g/mol. The van der Waals surface area contributed by atoms with Gasteiger partial charge in [0.2, 0.25) is 0 Å². The zero-order valence-electron chi connectivity index (χ0n) is 10.9. The minimum atomic E-state index is 0.236. The van der Waals surface area contributed by atoms with E-state index in [1.807, 2.05) is 12.1 Å². The Morgan fingerprint density at radius 3 is 3.11 bits per heavy atom. The van der Waals surface area contributed by atoms with Crippen LogP contribution in [-0.2, 0) is 11.2 Å². The van der Waals surface area contributed by atoms with Gasteiger partial charge in [-0.1, -0.05) is 22.9 Å². The Morgan fingerprint density at radius 2 is 2.39 bits per heavy atom. The molecule has 0 aliphatic carbocycles. The van der Waals surface area contributed by atoms with Crippen molar-refractivity contribution in [3.05, 3.63) is 28.2 Å². The van der Waals surface area contributed by atoms with E-state index in [1.165, 1.54) is 5.56 Å². The molecule has 1 aromatic carbocycles. The summed E-state index contributed by atoms with van der Waals surface area (Å²) in [5, 5.41) is 3.50. The summed E-state index contributed by atoms with van der Waals surface area (Å²) >= 11 is 3.49. The number of ether oxygens (including phenoxy) is 2. The van der Waals surface area contributed by atoms with Crippen LogP contribution in [0.5, 0.6) is 5.75 Å².